The molecule has 0 radical (unpaired) electrons. The van der Waals surface area contributed by atoms with Gasteiger partial charge in [0.15, 0.2) is 0 Å². The molecular weight excluding hydrogens is 432 g/mol. The molecule has 1 amide bonds. The number of likely N-dealkylation sites (tertiary alicyclic amines) is 1. The maximum atomic E-state index is 13.6. The average molecular weight is 465 g/mol. The number of hydrogen-bond donors (Lipinski definition) is 2. The number of quaternary nitrogens is 1. The fourth-order valence-electron chi connectivity index (χ4n) is 4.96. The van der Waals surface area contributed by atoms with Gasteiger partial charge in [0.25, 0.3) is 5.91 Å². The van der Waals surface area contributed by atoms with Crippen LogP contribution in [0.15, 0.2) is 48.0 Å². The van der Waals surface area contributed by atoms with Crippen molar-refractivity contribution in [2.75, 3.05) is 26.2 Å². The Balaban J connectivity index is 1.73. The smallest absolute Gasteiger partial charge is 0.295 e. The number of fused-ring (bicyclic) bond motifs is 1. The molecule has 4 rings (SSSR count). The van der Waals surface area contributed by atoms with Gasteiger partial charge in [-0.3, -0.25) is 9.59 Å². The van der Waals surface area contributed by atoms with Crippen LogP contribution >= 0.6 is 0 Å². The molecule has 1 saturated heterocycles. The summed E-state index contributed by atoms with van der Waals surface area (Å²) in [7, 11) is 0. The molecular formula is C27H32N2O5. The lowest BCUT2D eigenvalue weighted by atomic mass is 9.94. The van der Waals surface area contributed by atoms with E-state index < -0.39 is 23.5 Å². The van der Waals surface area contributed by atoms with Crippen LogP contribution in [-0.2, 0) is 16.0 Å². The van der Waals surface area contributed by atoms with Crippen molar-refractivity contribution in [3.63, 3.8) is 0 Å². The number of Topliss-reactive ketones (excluding diaryl/α,β-unsaturated/α-hetero) is 1. The standard InChI is InChI=1S/C27H32N2O5/c1-4-28(5-2)12-7-13-29-24(18-8-6-9-21(30)16-18)23(26(32)27(29)33)25(31)19-10-11-22-20(15-19)14-17(3)34-22/h6,8-11,15-17,24,30-31H,4-5,7,12-14H2,1-3H3. The minimum absolute atomic E-state index is 0.0206. The number of phenols is 1. The van der Waals surface area contributed by atoms with Gasteiger partial charge in [-0.25, -0.2) is 0 Å². The minimum Gasteiger partial charge on any atom is -0.872 e. The van der Waals surface area contributed by atoms with E-state index in [4.69, 9.17) is 4.74 Å². The summed E-state index contributed by atoms with van der Waals surface area (Å²) in [6.07, 6.45) is 1.43. The third kappa shape index (κ3) is 4.53. The quantitative estimate of drug-likeness (QED) is 0.349. The zero-order chi connectivity index (χ0) is 24.4. The lowest BCUT2D eigenvalue weighted by Crippen LogP contribution is -3.11. The van der Waals surface area contributed by atoms with Crippen LogP contribution in [0.25, 0.3) is 5.76 Å². The Hall–Kier alpha value is -3.32. The summed E-state index contributed by atoms with van der Waals surface area (Å²) in [6, 6.07) is 10.8. The van der Waals surface area contributed by atoms with Gasteiger partial charge in [0.1, 0.15) is 17.6 Å². The van der Waals surface area contributed by atoms with Gasteiger partial charge in [-0.1, -0.05) is 24.0 Å². The molecule has 2 atom stereocenters. The van der Waals surface area contributed by atoms with Gasteiger partial charge in [0, 0.05) is 25.0 Å². The first-order valence-electron chi connectivity index (χ1n) is 12.0. The molecule has 34 heavy (non-hydrogen) atoms. The van der Waals surface area contributed by atoms with Crippen molar-refractivity contribution < 1.29 is 29.4 Å². The number of carbonyl (C=O) groups excluding carboxylic acids is 2. The van der Waals surface area contributed by atoms with Crippen LogP contribution in [0.3, 0.4) is 0 Å². The Bertz CT molecular complexity index is 1120. The molecule has 2 aromatic carbocycles. The molecule has 2 aliphatic heterocycles. The van der Waals surface area contributed by atoms with Crippen LogP contribution in [0.2, 0.25) is 0 Å². The normalized spacial score (nSPS) is 21.2. The molecule has 0 aromatic heterocycles. The van der Waals surface area contributed by atoms with E-state index in [9.17, 15) is 19.8 Å². The Morgan fingerprint density at radius 2 is 1.94 bits per heavy atom. The highest BCUT2D eigenvalue weighted by molar-refractivity contribution is 6.46. The summed E-state index contributed by atoms with van der Waals surface area (Å²) >= 11 is 0. The SMILES string of the molecule is CC[NH+](CC)CCCN1C(=O)C(=O)C(=C([O-])c2ccc3c(c2)CC(C)O3)C1c1cccc(O)c1. The van der Waals surface area contributed by atoms with Crippen LogP contribution in [0.1, 0.15) is 49.9 Å². The van der Waals surface area contributed by atoms with Crippen molar-refractivity contribution in [2.45, 2.75) is 45.8 Å². The van der Waals surface area contributed by atoms with E-state index in [0.29, 0.717) is 30.5 Å². The molecule has 0 saturated carbocycles. The molecule has 1 fully saturated rings. The number of carbonyl (C=O) groups is 2. The minimum atomic E-state index is -0.824. The highest BCUT2D eigenvalue weighted by Crippen LogP contribution is 2.40. The summed E-state index contributed by atoms with van der Waals surface area (Å²) < 4.78 is 5.73. The largest absolute Gasteiger partial charge is 0.872 e. The molecule has 0 spiro atoms. The highest BCUT2D eigenvalue weighted by Gasteiger charge is 2.44. The van der Waals surface area contributed by atoms with E-state index in [0.717, 1.165) is 30.9 Å². The Labute approximate surface area is 200 Å². The van der Waals surface area contributed by atoms with E-state index in [1.165, 1.54) is 21.9 Å². The number of hydrogen-bond acceptors (Lipinski definition) is 5. The van der Waals surface area contributed by atoms with E-state index in [1.807, 2.05) is 6.92 Å². The van der Waals surface area contributed by atoms with E-state index >= 15 is 0 Å². The van der Waals surface area contributed by atoms with E-state index in [2.05, 4.69) is 13.8 Å². The second-order valence-electron chi connectivity index (χ2n) is 9.08. The van der Waals surface area contributed by atoms with Crippen molar-refractivity contribution in [1.82, 2.24) is 4.90 Å². The monoisotopic (exact) mass is 464 g/mol. The van der Waals surface area contributed by atoms with Crippen molar-refractivity contribution in [1.29, 1.82) is 0 Å². The summed E-state index contributed by atoms with van der Waals surface area (Å²) in [5.41, 5.74) is 1.78. The van der Waals surface area contributed by atoms with Crippen molar-refractivity contribution >= 4 is 17.4 Å². The lowest BCUT2D eigenvalue weighted by molar-refractivity contribution is -0.896. The van der Waals surface area contributed by atoms with Gasteiger partial charge in [-0.05, 0) is 61.7 Å². The maximum absolute atomic E-state index is 13.6. The average Bonchev–Trinajstić information content (AvgIpc) is 3.32. The summed E-state index contributed by atoms with van der Waals surface area (Å²) in [5, 5.41) is 23.7. The fourth-order valence-corrected chi connectivity index (χ4v) is 4.96. The number of rotatable bonds is 8. The second kappa shape index (κ2) is 9.89. The molecule has 7 heteroatoms. The van der Waals surface area contributed by atoms with E-state index in [1.54, 1.807) is 30.3 Å². The number of nitrogens with one attached hydrogen (secondary N) is 1. The van der Waals surface area contributed by atoms with Gasteiger partial charge in [-0.2, -0.15) is 0 Å². The van der Waals surface area contributed by atoms with Crippen LogP contribution in [0, 0.1) is 0 Å². The molecule has 2 heterocycles. The molecule has 0 aliphatic carbocycles. The second-order valence-corrected chi connectivity index (χ2v) is 9.08. The maximum Gasteiger partial charge on any atom is 0.295 e. The first-order chi connectivity index (χ1) is 16.3. The highest BCUT2D eigenvalue weighted by atomic mass is 16.5. The number of ether oxygens (including phenoxy) is 1. The third-order valence-electron chi connectivity index (χ3n) is 6.80. The molecule has 0 bridgehead atoms. The fraction of sp³-hybridized carbons (Fsp3) is 0.407. The topological polar surface area (TPSA) is 94.3 Å². The number of benzene rings is 2. The molecule has 2 N–H and O–H groups in total. The Morgan fingerprint density at radius 1 is 1.18 bits per heavy atom. The van der Waals surface area contributed by atoms with Gasteiger partial charge >= 0.3 is 0 Å². The van der Waals surface area contributed by atoms with Crippen molar-refractivity contribution in [2.24, 2.45) is 0 Å². The summed E-state index contributed by atoms with van der Waals surface area (Å²) in [5.74, 6) is -1.12. The number of phenolic OH excluding ortho intramolecular Hbond substituents is 1. The van der Waals surface area contributed by atoms with Crippen LogP contribution in [0.4, 0.5) is 0 Å². The number of nitrogens with zero attached hydrogens (tertiary/aromatic N) is 1. The summed E-state index contributed by atoms with van der Waals surface area (Å²) in [6.45, 7) is 9.39. The zero-order valence-electron chi connectivity index (χ0n) is 20.0. The number of aromatic hydroxyl groups is 1. The predicted molar refractivity (Wildman–Crippen MR) is 126 cm³/mol. The molecule has 2 aliphatic rings. The summed E-state index contributed by atoms with van der Waals surface area (Å²) in [4.78, 5) is 29.1. The predicted octanol–water partition coefficient (Wildman–Crippen LogP) is 1.25. The van der Waals surface area contributed by atoms with Crippen LogP contribution < -0.4 is 14.7 Å². The molecule has 2 unspecified atom stereocenters. The zero-order valence-corrected chi connectivity index (χ0v) is 20.0. The van der Waals surface area contributed by atoms with E-state index in [-0.39, 0.29) is 17.4 Å². The Kier molecular flexibility index (Phi) is 6.93. The first kappa shape index (κ1) is 23.8. The third-order valence-corrected chi connectivity index (χ3v) is 6.80. The number of ketones is 1. The van der Waals surface area contributed by atoms with Crippen LogP contribution in [-0.4, -0.2) is 54.0 Å². The molecule has 2 aromatic rings. The van der Waals surface area contributed by atoms with Gasteiger partial charge < -0.3 is 24.7 Å². The first-order valence-corrected chi connectivity index (χ1v) is 12.0. The van der Waals surface area contributed by atoms with Crippen molar-refractivity contribution in [3.05, 3.63) is 64.7 Å². The molecule has 7 nitrogen and oxygen atoms in total. The lowest BCUT2D eigenvalue weighted by Gasteiger charge is -2.28. The number of amides is 1. The van der Waals surface area contributed by atoms with Gasteiger partial charge in [0.2, 0.25) is 5.78 Å². The van der Waals surface area contributed by atoms with Crippen LogP contribution in [0.5, 0.6) is 11.5 Å². The molecule has 180 valence electrons. The van der Waals surface area contributed by atoms with Gasteiger partial charge in [-0.15, -0.1) is 0 Å². The Morgan fingerprint density at radius 3 is 2.65 bits per heavy atom. The van der Waals surface area contributed by atoms with Crippen molar-refractivity contribution in [3.8, 4) is 11.5 Å². The van der Waals surface area contributed by atoms with Gasteiger partial charge in [0.05, 0.1) is 25.7 Å².